The Morgan fingerprint density at radius 1 is 0.755 bits per heavy atom. The molecule has 0 amide bonds. The van der Waals surface area contributed by atoms with Gasteiger partial charge in [-0.25, -0.2) is 4.99 Å². The maximum absolute atomic E-state index is 6.59. The lowest BCUT2D eigenvalue weighted by Crippen LogP contribution is -2.26. The molecule has 0 radical (unpaired) electrons. The molecular formula is C44H37N5. The van der Waals surface area contributed by atoms with Gasteiger partial charge in [0.15, 0.2) is 5.84 Å². The molecule has 0 saturated heterocycles. The number of anilines is 2. The Balaban J connectivity index is 1.34. The first-order valence-electron chi connectivity index (χ1n) is 16.6. The summed E-state index contributed by atoms with van der Waals surface area (Å²) in [6.07, 6.45) is 2.00. The van der Waals surface area contributed by atoms with Crippen LogP contribution < -0.4 is 11.1 Å². The maximum Gasteiger partial charge on any atom is 0.157 e. The summed E-state index contributed by atoms with van der Waals surface area (Å²) in [7, 11) is 0. The largest absolute Gasteiger partial charge is 0.383 e. The average molecular weight is 636 g/mol. The molecule has 0 fully saturated rings. The highest BCUT2D eigenvalue weighted by atomic mass is 15.0. The summed E-state index contributed by atoms with van der Waals surface area (Å²) in [4.78, 5) is 9.94. The smallest absolute Gasteiger partial charge is 0.157 e. The number of nitrogens with two attached hydrogens (primary N) is 1. The number of benzene rings is 6. The van der Waals surface area contributed by atoms with Crippen molar-refractivity contribution in [1.82, 2.24) is 4.57 Å². The topological polar surface area (TPSA) is 67.7 Å². The van der Waals surface area contributed by atoms with E-state index in [0.29, 0.717) is 18.2 Å². The van der Waals surface area contributed by atoms with Gasteiger partial charge in [0.05, 0.1) is 23.3 Å². The van der Waals surface area contributed by atoms with Gasteiger partial charge in [-0.15, -0.1) is 0 Å². The van der Waals surface area contributed by atoms with Crippen LogP contribution in [0.4, 0.5) is 11.4 Å². The number of hydrogen-bond donors (Lipinski definition) is 2. The van der Waals surface area contributed by atoms with E-state index in [4.69, 9.17) is 15.7 Å². The number of rotatable bonds is 6. The van der Waals surface area contributed by atoms with Crippen LogP contribution in [0.25, 0.3) is 33.6 Å². The molecule has 1 aliphatic rings. The number of nitrogens with zero attached hydrogens (tertiary/aromatic N) is 3. The van der Waals surface area contributed by atoms with Gasteiger partial charge in [0, 0.05) is 44.3 Å². The van der Waals surface area contributed by atoms with Gasteiger partial charge in [-0.05, 0) is 47.0 Å². The molecule has 5 nitrogen and oxygen atoms in total. The molecule has 6 aromatic carbocycles. The zero-order chi connectivity index (χ0) is 33.5. The van der Waals surface area contributed by atoms with E-state index in [-0.39, 0.29) is 5.41 Å². The summed E-state index contributed by atoms with van der Waals surface area (Å²) in [6, 6.07) is 48.1. The van der Waals surface area contributed by atoms with Crippen LogP contribution in [-0.2, 0) is 12.0 Å². The second-order valence-electron chi connectivity index (χ2n) is 13.0. The molecule has 0 spiro atoms. The van der Waals surface area contributed by atoms with Crippen LogP contribution in [0.15, 0.2) is 156 Å². The lowest BCUT2D eigenvalue weighted by Gasteiger charge is -2.37. The zero-order valence-corrected chi connectivity index (χ0v) is 27.7. The molecule has 1 aliphatic heterocycles. The molecular weight excluding hydrogens is 599 g/mol. The molecule has 0 atom stereocenters. The van der Waals surface area contributed by atoms with Gasteiger partial charge in [-0.3, -0.25) is 4.99 Å². The number of nitrogens with one attached hydrogen (secondary N) is 1. The Labute approximate surface area is 286 Å². The van der Waals surface area contributed by atoms with E-state index in [9.17, 15) is 0 Å². The zero-order valence-electron chi connectivity index (χ0n) is 27.7. The average Bonchev–Trinajstić information content (AvgIpc) is 3.47. The second-order valence-corrected chi connectivity index (χ2v) is 13.0. The van der Waals surface area contributed by atoms with Crippen molar-refractivity contribution in [1.29, 1.82) is 0 Å². The number of aromatic nitrogens is 1. The summed E-state index contributed by atoms with van der Waals surface area (Å²) in [5.74, 6) is 1.01. The van der Waals surface area contributed by atoms with Crippen LogP contribution in [0.5, 0.6) is 0 Å². The SMILES string of the molecule is C=Cc1c2c(cc3c1c1ccccc1n3-c1cccc(C(N=C(N)c3ccccc3)=NCc3ccccc3)c1)C(C)(C)c1ccccc1N2. The van der Waals surface area contributed by atoms with Crippen molar-refractivity contribution >= 4 is 50.9 Å². The summed E-state index contributed by atoms with van der Waals surface area (Å²) in [5.41, 5.74) is 18.3. The molecule has 7 aromatic rings. The first kappa shape index (κ1) is 30.2. The predicted molar refractivity (Wildman–Crippen MR) is 207 cm³/mol. The molecule has 0 aliphatic carbocycles. The minimum absolute atomic E-state index is 0.229. The molecule has 0 saturated carbocycles. The van der Waals surface area contributed by atoms with Crippen molar-refractivity contribution in [2.75, 3.05) is 5.32 Å². The molecule has 5 heteroatoms. The van der Waals surface area contributed by atoms with Crippen LogP contribution in [0.2, 0.25) is 0 Å². The van der Waals surface area contributed by atoms with Gasteiger partial charge in [0.2, 0.25) is 0 Å². The minimum atomic E-state index is -0.229. The number of aliphatic imine (C=N–C) groups is 2. The van der Waals surface area contributed by atoms with Crippen molar-refractivity contribution in [3.8, 4) is 5.69 Å². The van der Waals surface area contributed by atoms with E-state index < -0.39 is 0 Å². The number of fused-ring (bicyclic) bond motifs is 5. The Morgan fingerprint density at radius 2 is 1.45 bits per heavy atom. The molecule has 1 aromatic heterocycles. The van der Waals surface area contributed by atoms with E-state index in [1.165, 1.54) is 21.9 Å². The van der Waals surface area contributed by atoms with Crippen molar-refractivity contribution in [2.45, 2.75) is 25.8 Å². The van der Waals surface area contributed by atoms with Crippen molar-refractivity contribution in [2.24, 2.45) is 15.7 Å². The standard InChI is InChI=1S/C44H37N5/c1-4-33-40-34-22-11-14-25-38(34)49(39(40)27-36-41(33)47-37-24-13-12-23-35(37)44(36,2)3)32-21-15-20-31(26-32)43(46-28-29-16-7-5-8-17-29)48-42(45)30-18-9-6-10-19-30/h4-27,47H,1,28H2,2-3H3,(H2,45,46,48). The Hall–Kier alpha value is -6.20. The van der Waals surface area contributed by atoms with E-state index in [1.54, 1.807) is 0 Å². The second kappa shape index (κ2) is 12.1. The molecule has 3 N–H and O–H groups in total. The highest BCUT2D eigenvalue weighted by Crippen LogP contribution is 2.50. The summed E-state index contributed by atoms with van der Waals surface area (Å²) in [6.45, 7) is 9.43. The minimum Gasteiger partial charge on any atom is -0.383 e. The third kappa shape index (κ3) is 5.20. The fourth-order valence-electron chi connectivity index (χ4n) is 7.20. The van der Waals surface area contributed by atoms with E-state index in [1.807, 2.05) is 54.6 Å². The highest BCUT2D eigenvalue weighted by Gasteiger charge is 2.35. The first-order chi connectivity index (χ1) is 23.9. The molecule has 0 bridgehead atoms. The predicted octanol–water partition coefficient (Wildman–Crippen LogP) is 10.2. The Morgan fingerprint density at radius 3 is 2.24 bits per heavy atom. The quantitative estimate of drug-likeness (QED) is 0.141. The van der Waals surface area contributed by atoms with Crippen LogP contribution in [-0.4, -0.2) is 16.2 Å². The van der Waals surface area contributed by atoms with Crippen LogP contribution >= 0.6 is 0 Å². The van der Waals surface area contributed by atoms with E-state index in [0.717, 1.165) is 50.3 Å². The Kier molecular flexibility index (Phi) is 7.45. The fourth-order valence-corrected chi connectivity index (χ4v) is 7.20. The van der Waals surface area contributed by atoms with Crippen LogP contribution in [0.1, 0.15) is 47.2 Å². The fraction of sp³-hybridized carbons (Fsp3) is 0.0909. The lowest BCUT2D eigenvalue weighted by atomic mass is 9.73. The van der Waals surface area contributed by atoms with E-state index in [2.05, 4.69) is 121 Å². The van der Waals surface area contributed by atoms with Crippen LogP contribution in [0.3, 0.4) is 0 Å². The third-order valence-corrected chi connectivity index (χ3v) is 9.65. The number of amidine groups is 2. The van der Waals surface area contributed by atoms with Gasteiger partial charge in [-0.1, -0.05) is 136 Å². The Bertz CT molecular complexity index is 2430. The summed E-state index contributed by atoms with van der Waals surface area (Å²) in [5, 5.41) is 6.12. The summed E-state index contributed by atoms with van der Waals surface area (Å²) < 4.78 is 2.36. The monoisotopic (exact) mass is 635 g/mol. The van der Waals surface area contributed by atoms with Gasteiger partial charge < -0.3 is 15.6 Å². The van der Waals surface area contributed by atoms with Gasteiger partial charge in [0.25, 0.3) is 0 Å². The lowest BCUT2D eigenvalue weighted by molar-refractivity contribution is 0.638. The van der Waals surface area contributed by atoms with Crippen molar-refractivity contribution in [3.05, 3.63) is 179 Å². The molecule has 238 valence electrons. The first-order valence-corrected chi connectivity index (χ1v) is 16.6. The van der Waals surface area contributed by atoms with Crippen molar-refractivity contribution in [3.63, 3.8) is 0 Å². The van der Waals surface area contributed by atoms with Crippen molar-refractivity contribution < 1.29 is 0 Å². The van der Waals surface area contributed by atoms with Gasteiger partial charge in [-0.2, -0.15) is 0 Å². The number of para-hydroxylation sites is 2. The molecule has 8 rings (SSSR count). The number of hydrogen-bond acceptors (Lipinski definition) is 2. The van der Waals surface area contributed by atoms with Gasteiger partial charge >= 0.3 is 0 Å². The normalized spacial score (nSPS) is 13.9. The molecule has 49 heavy (non-hydrogen) atoms. The third-order valence-electron chi connectivity index (χ3n) is 9.65. The van der Waals surface area contributed by atoms with E-state index >= 15 is 0 Å². The maximum atomic E-state index is 6.59. The van der Waals surface area contributed by atoms with Gasteiger partial charge in [0.1, 0.15) is 5.84 Å². The highest BCUT2D eigenvalue weighted by molar-refractivity contribution is 6.16. The molecule has 0 unspecified atom stereocenters. The van der Waals surface area contributed by atoms with Crippen LogP contribution in [0, 0.1) is 0 Å². The summed E-state index contributed by atoms with van der Waals surface area (Å²) >= 11 is 0. The molecule has 2 heterocycles.